The van der Waals surface area contributed by atoms with Crippen LogP contribution in [0.2, 0.25) is 0 Å². The van der Waals surface area contributed by atoms with E-state index < -0.39 is 31.9 Å². The number of fused-ring (bicyclic) bond motifs is 1. The van der Waals surface area contributed by atoms with Gasteiger partial charge in [-0.25, -0.2) is 16.8 Å². The van der Waals surface area contributed by atoms with E-state index >= 15 is 0 Å². The van der Waals surface area contributed by atoms with Crippen molar-refractivity contribution in [2.75, 3.05) is 16.6 Å². The van der Waals surface area contributed by atoms with Gasteiger partial charge in [0.05, 0.1) is 21.2 Å². The van der Waals surface area contributed by atoms with Crippen LogP contribution in [0.15, 0.2) is 94.7 Å². The minimum absolute atomic E-state index is 0.125. The van der Waals surface area contributed by atoms with Crippen LogP contribution in [0.3, 0.4) is 0 Å². The largest absolute Gasteiger partial charge is 0.461 e. The summed E-state index contributed by atoms with van der Waals surface area (Å²) in [6, 6.07) is 23.3. The van der Waals surface area contributed by atoms with Crippen LogP contribution in [-0.2, 0) is 29.4 Å². The molecule has 1 aliphatic rings. The molecule has 178 valence electrons. The number of anilines is 1. The zero-order valence-corrected chi connectivity index (χ0v) is 20.2. The fourth-order valence-corrected chi connectivity index (χ4v) is 7.29. The molecule has 0 bridgehead atoms. The van der Waals surface area contributed by atoms with Crippen molar-refractivity contribution in [2.45, 2.75) is 35.2 Å². The maximum Gasteiger partial charge on any atom is 0.302 e. The van der Waals surface area contributed by atoms with E-state index in [1.165, 1.54) is 23.4 Å². The lowest BCUT2D eigenvalue weighted by Gasteiger charge is -2.22. The molecule has 0 aromatic heterocycles. The zero-order chi connectivity index (χ0) is 24.3. The number of hydrogen-bond acceptors (Lipinski definition) is 6. The number of sulfonamides is 1. The quantitative estimate of drug-likeness (QED) is 0.438. The molecule has 0 fully saturated rings. The monoisotopic (exact) mass is 499 g/mol. The summed E-state index contributed by atoms with van der Waals surface area (Å²) in [7, 11) is -7.53. The topological polar surface area (TPSA) is 97.8 Å². The zero-order valence-electron chi connectivity index (χ0n) is 18.6. The third-order valence-electron chi connectivity index (χ3n) is 5.75. The van der Waals surface area contributed by atoms with Crippen molar-refractivity contribution in [3.63, 3.8) is 0 Å². The number of sulfone groups is 1. The van der Waals surface area contributed by atoms with Crippen LogP contribution in [0, 0.1) is 0 Å². The van der Waals surface area contributed by atoms with Crippen molar-refractivity contribution in [3.8, 4) is 0 Å². The van der Waals surface area contributed by atoms with E-state index in [2.05, 4.69) is 0 Å². The molecular formula is C25H25NO6S2. The fourth-order valence-electron chi connectivity index (χ4n) is 4.28. The van der Waals surface area contributed by atoms with Gasteiger partial charge in [-0.15, -0.1) is 0 Å². The van der Waals surface area contributed by atoms with Crippen molar-refractivity contribution < 1.29 is 26.4 Å². The van der Waals surface area contributed by atoms with E-state index in [1.54, 1.807) is 60.7 Å². The summed E-state index contributed by atoms with van der Waals surface area (Å²) in [5.41, 5.74) is 1.32. The first kappa shape index (κ1) is 24.0. The molecule has 3 aromatic rings. The standard InChI is InChI=1S/C25H25NO6S2/c1-19(27)32-21(18-33(28,29)22-10-4-2-5-11-22)16-20-17-26(25-15-9-8-14-24(20)25)34(30,31)23-12-6-3-7-13-23/h2-15,20-21H,16-18H2,1H3. The Hall–Kier alpha value is -3.17. The lowest BCUT2D eigenvalue weighted by Crippen LogP contribution is -2.32. The van der Waals surface area contributed by atoms with Crippen molar-refractivity contribution >= 4 is 31.5 Å². The Bertz CT molecular complexity index is 1370. The molecule has 9 heteroatoms. The van der Waals surface area contributed by atoms with Crippen LogP contribution in [0.25, 0.3) is 0 Å². The second-order valence-electron chi connectivity index (χ2n) is 8.17. The first-order valence-corrected chi connectivity index (χ1v) is 13.9. The molecule has 0 saturated heterocycles. The number of para-hydroxylation sites is 1. The Balaban J connectivity index is 1.63. The normalized spacial score (nSPS) is 16.6. The number of hydrogen-bond donors (Lipinski definition) is 0. The van der Waals surface area contributed by atoms with Gasteiger partial charge in [0.1, 0.15) is 6.10 Å². The van der Waals surface area contributed by atoms with E-state index in [-0.39, 0.29) is 34.4 Å². The summed E-state index contributed by atoms with van der Waals surface area (Å²) in [6.07, 6.45) is -0.760. The summed E-state index contributed by atoms with van der Waals surface area (Å²) in [6.45, 7) is 1.36. The summed E-state index contributed by atoms with van der Waals surface area (Å²) in [4.78, 5) is 12.1. The molecule has 7 nitrogen and oxygen atoms in total. The molecule has 3 aromatic carbocycles. The lowest BCUT2D eigenvalue weighted by atomic mass is 9.95. The number of ether oxygens (including phenoxy) is 1. The van der Waals surface area contributed by atoms with Gasteiger partial charge >= 0.3 is 5.97 Å². The van der Waals surface area contributed by atoms with E-state index in [1.807, 2.05) is 12.1 Å². The molecule has 0 radical (unpaired) electrons. The molecule has 0 aliphatic carbocycles. The van der Waals surface area contributed by atoms with Gasteiger partial charge in [-0.3, -0.25) is 9.10 Å². The predicted molar refractivity (Wildman–Crippen MR) is 129 cm³/mol. The van der Waals surface area contributed by atoms with Crippen LogP contribution in [0.5, 0.6) is 0 Å². The second-order valence-corrected chi connectivity index (χ2v) is 12.1. The average Bonchev–Trinajstić information content (AvgIpc) is 3.19. The number of carbonyl (C=O) groups excluding carboxylic acids is 1. The lowest BCUT2D eigenvalue weighted by molar-refractivity contribution is -0.145. The Labute approximate surface area is 200 Å². The highest BCUT2D eigenvalue weighted by atomic mass is 32.2. The number of carbonyl (C=O) groups is 1. The Morgan fingerprint density at radius 1 is 0.882 bits per heavy atom. The van der Waals surface area contributed by atoms with Gasteiger partial charge in [-0.05, 0) is 42.3 Å². The molecule has 0 spiro atoms. The van der Waals surface area contributed by atoms with Gasteiger partial charge in [-0.2, -0.15) is 0 Å². The molecule has 0 saturated carbocycles. The Morgan fingerprint density at radius 3 is 2.06 bits per heavy atom. The third kappa shape index (κ3) is 5.00. The minimum Gasteiger partial charge on any atom is -0.461 e. The summed E-state index contributed by atoms with van der Waals surface area (Å²) in [5.74, 6) is -1.32. The second kappa shape index (κ2) is 9.60. The van der Waals surface area contributed by atoms with Gasteiger partial charge in [-0.1, -0.05) is 54.6 Å². The predicted octanol–water partition coefficient (Wildman–Crippen LogP) is 3.77. The van der Waals surface area contributed by atoms with Crippen molar-refractivity contribution in [2.24, 2.45) is 0 Å². The van der Waals surface area contributed by atoms with Crippen molar-refractivity contribution in [1.82, 2.24) is 0 Å². The third-order valence-corrected chi connectivity index (χ3v) is 9.35. The number of nitrogens with zero attached hydrogens (tertiary/aromatic N) is 1. The summed E-state index contributed by atoms with van der Waals surface area (Å²) >= 11 is 0. The highest BCUT2D eigenvalue weighted by Crippen LogP contribution is 2.42. The molecule has 0 amide bonds. The van der Waals surface area contributed by atoms with Gasteiger partial charge in [0, 0.05) is 19.4 Å². The van der Waals surface area contributed by atoms with E-state index in [9.17, 15) is 21.6 Å². The molecule has 1 heterocycles. The SMILES string of the molecule is CC(=O)OC(CC1CN(S(=O)(=O)c2ccccc2)c2ccccc21)CS(=O)(=O)c1ccccc1. The van der Waals surface area contributed by atoms with Crippen LogP contribution in [-0.4, -0.2) is 41.2 Å². The minimum atomic E-state index is -3.81. The molecule has 1 aliphatic heterocycles. The highest BCUT2D eigenvalue weighted by Gasteiger charge is 2.38. The molecule has 4 rings (SSSR count). The Morgan fingerprint density at radius 2 is 1.44 bits per heavy atom. The smallest absolute Gasteiger partial charge is 0.302 e. The number of esters is 1. The molecule has 34 heavy (non-hydrogen) atoms. The highest BCUT2D eigenvalue weighted by molar-refractivity contribution is 7.93. The van der Waals surface area contributed by atoms with Gasteiger partial charge in [0.15, 0.2) is 9.84 Å². The molecule has 0 N–H and O–H groups in total. The Kier molecular flexibility index (Phi) is 6.77. The maximum absolute atomic E-state index is 13.4. The van der Waals surface area contributed by atoms with Crippen molar-refractivity contribution in [1.29, 1.82) is 0 Å². The average molecular weight is 500 g/mol. The van der Waals surface area contributed by atoms with E-state index in [0.717, 1.165) is 5.56 Å². The molecule has 2 atom stereocenters. The van der Waals surface area contributed by atoms with Crippen molar-refractivity contribution in [3.05, 3.63) is 90.5 Å². The van der Waals surface area contributed by atoms with Gasteiger partial charge < -0.3 is 4.74 Å². The molecular weight excluding hydrogens is 474 g/mol. The van der Waals surface area contributed by atoms with Crippen LogP contribution in [0.1, 0.15) is 24.8 Å². The fraction of sp³-hybridized carbons (Fsp3) is 0.240. The van der Waals surface area contributed by atoms with Crippen LogP contribution < -0.4 is 4.31 Å². The summed E-state index contributed by atoms with van der Waals surface area (Å²) in [5, 5.41) is 0. The van der Waals surface area contributed by atoms with Crippen LogP contribution >= 0.6 is 0 Å². The van der Waals surface area contributed by atoms with E-state index in [0.29, 0.717) is 5.69 Å². The summed E-state index contributed by atoms with van der Waals surface area (Å²) < 4.78 is 59.4. The first-order chi connectivity index (χ1) is 16.2. The maximum atomic E-state index is 13.4. The molecule has 2 unspecified atom stereocenters. The first-order valence-electron chi connectivity index (χ1n) is 10.8. The van der Waals surface area contributed by atoms with Gasteiger partial charge in [0.2, 0.25) is 0 Å². The van der Waals surface area contributed by atoms with E-state index in [4.69, 9.17) is 4.74 Å². The van der Waals surface area contributed by atoms with Crippen LogP contribution in [0.4, 0.5) is 5.69 Å². The number of benzene rings is 3. The van der Waals surface area contributed by atoms with Gasteiger partial charge in [0.25, 0.3) is 10.0 Å². The number of rotatable bonds is 8.